The highest BCUT2D eigenvalue weighted by molar-refractivity contribution is 5.92. The number of cyclic esters (lactones) is 1. The van der Waals surface area contributed by atoms with Crippen molar-refractivity contribution in [2.45, 2.75) is 200 Å². The summed E-state index contributed by atoms with van der Waals surface area (Å²) in [5.41, 5.74) is -2.60. The number of ketones is 1. The molecule has 8 unspecified atom stereocenters. The van der Waals surface area contributed by atoms with E-state index >= 15 is 0 Å². The number of carbonyl (C=O) groups is 2. The largest absolute Gasteiger partial charge is 0.459 e. The summed E-state index contributed by atoms with van der Waals surface area (Å²) in [5, 5.41) is 35.4. The lowest BCUT2D eigenvalue weighted by atomic mass is 9.76. The highest BCUT2D eigenvalue weighted by Crippen LogP contribution is 2.41. The molecule has 3 rings (SSSR count). The Labute approximate surface area is 324 Å². The van der Waals surface area contributed by atoms with Gasteiger partial charge in [-0.15, -0.1) is 0 Å². The van der Waals surface area contributed by atoms with Gasteiger partial charge in [0, 0.05) is 44.6 Å². The number of hydrogen-bond donors (Lipinski definition) is 3. The number of ether oxygens (including phenoxy) is 7. The molecule has 0 aliphatic carbocycles. The van der Waals surface area contributed by atoms with Crippen molar-refractivity contribution in [2.24, 2.45) is 17.8 Å². The second-order valence-electron chi connectivity index (χ2n) is 17.3. The summed E-state index contributed by atoms with van der Waals surface area (Å²) < 4.78 is 43.8. The Balaban J connectivity index is 2.24. The third kappa shape index (κ3) is 9.77. The van der Waals surface area contributed by atoms with Gasteiger partial charge >= 0.3 is 5.97 Å². The molecule has 0 aromatic heterocycles. The first-order valence-electron chi connectivity index (χ1n) is 19.8. The molecule has 0 aromatic rings. The number of Topliss-reactive ketones (excluding diaryl/α,β-unsaturated/α-hetero) is 1. The predicted molar refractivity (Wildman–Crippen MR) is 203 cm³/mol. The Hall–Kier alpha value is -1.52. The van der Waals surface area contributed by atoms with E-state index in [0.29, 0.717) is 12.8 Å². The number of hydrogen-bond acceptors (Lipinski definition) is 13. The lowest BCUT2D eigenvalue weighted by Crippen LogP contribution is -2.61. The molecule has 0 spiro atoms. The first-order chi connectivity index (χ1) is 24.9. The zero-order chi connectivity index (χ0) is 41.2. The molecule has 2 saturated heterocycles. The van der Waals surface area contributed by atoms with Crippen LogP contribution in [-0.2, 0) is 42.7 Å². The predicted octanol–water partition coefficient (Wildman–Crippen LogP) is 4.56. The van der Waals surface area contributed by atoms with E-state index in [4.69, 9.17) is 33.2 Å². The lowest BCUT2D eigenvalue weighted by Gasteiger charge is -2.49. The van der Waals surface area contributed by atoms with Crippen molar-refractivity contribution in [3.63, 3.8) is 0 Å². The van der Waals surface area contributed by atoms with E-state index in [2.05, 4.69) is 18.7 Å². The number of methoxy groups -OCH3 is 2. The Morgan fingerprint density at radius 3 is 2.11 bits per heavy atom. The quantitative estimate of drug-likeness (QED) is 0.221. The standard InChI is InChI=1S/C41H73NO12/c1-17-30-41(13,49-16)34(44)25(7)24(6)22(4)19-39(11,47)36(54-38-32(43)29(18-23(5)50-38)42(14)21(2)3)26(8)33(27(9)37(46)52-30)53-31-20-40(12,48-15)35(45)28(10)51-31/h21,23,25-33,35-36,38,43,45,47H,17-20H2,1-16H3/b24-22-/t23?,25-,26?,27?,28?,29?,30?,31-,32+,33?,35-,36+,38?,39-,40+,41+/m1/s1. The van der Waals surface area contributed by atoms with Gasteiger partial charge in [-0.3, -0.25) is 14.5 Å². The smallest absolute Gasteiger partial charge is 0.311 e. The minimum atomic E-state index is -1.64. The summed E-state index contributed by atoms with van der Waals surface area (Å²) in [6.45, 7) is 23.7. The van der Waals surface area contributed by atoms with Gasteiger partial charge in [0.05, 0.1) is 41.5 Å². The molecule has 13 heteroatoms. The fraction of sp³-hybridized carbons (Fsp3) is 0.902. The summed E-state index contributed by atoms with van der Waals surface area (Å²) in [6.07, 6.45) is -6.91. The van der Waals surface area contributed by atoms with Crippen LogP contribution in [0.15, 0.2) is 11.1 Å². The van der Waals surface area contributed by atoms with Crippen LogP contribution >= 0.6 is 0 Å². The van der Waals surface area contributed by atoms with Crippen LogP contribution in [0.25, 0.3) is 0 Å². The van der Waals surface area contributed by atoms with E-state index in [1.807, 2.05) is 41.7 Å². The SMILES string of the molecule is CCC1OC(=O)C(C)C(O[C@@H]2C[C@](C)(OC)[C@H](O)C(C)O2)C(C)[C@H](OC2OC(C)CC(N(C)C(C)C)[C@@H]2O)[C@](C)(O)C/C(C)=C(/C)[C@@H](C)C(=O)[C@@]1(C)OC. The van der Waals surface area contributed by atoms with Crippen LogP contribution in [0.1, 0.15) is 116 Å². The van der Waals surface area contributed by atoms with E-state index in [1.165, 1.54) is 14.2 Å². The van der Waals surface area contributed by atoms with Crippen LogP contribution in [0.2, 0.25) is 0 Å². The number of aliphatic hydroxyl groups excluding tert-OH is 2. The van der Waals surface area contributed by atoms with Crippen LogP contribution in [-0.4, -0.2) is 137 Å². The van der Waals surface area contributed by atoms with Crippen LogP contribution < -0.4 is 0 Å². The van der Waals surface area contributed by atoms with Gasteiger partial charge in [-0.2, -0.15) is 0 Å². The lowest BCUT2D eigenvalue weighted by molar-refractivity contribution is -0.317. The van der Waals surface area contributed by atoms with Crippen molar-refractivity contribution in [1.82, 2.24) is 4.90 Å². The monoisotopic (exact) mass is 772 g/mol. The number of rotatable bonds is 9. The Kier molecular flexibility index (Phi) is 16.0. The minimum absolute atomic E-state index is 0.0938. The molecule has 0 bridgehead atoms. The third-order valence-electron chi connectivity index (χ3n) is 13.0. The van der Waals surface area contributed by atoms with E-state index in [0.717, 1.165) is 11.1 Å². The third-order valence-corrected chi connectivity index (χ3v) is 13.0. The number of likely N-dealkylation sites (N-methyl/N-ethyl adjacent to an activating group) is 1. The topological polar surface area (TPSA) is 163 Å². The molecule has 0 amide bonds. The summed E-state index contributed by atoms with van der Waals surface area (Å²) in [5.74, 6) is -3.25. The zero-order valence-electron chi connectivity index (χ0n) is 35.9. The number of esters is 1. The van der Waals surface area contributed by atoms with E-state index in [9.17, 15) is 24.9 Å². The van der Waals surface area contributed by atoms with Crippen molar-refractivity contribution in [2.75, 3.05) is 21.3 Å². The Morgan fingerprint density at radius 1 is 0.963 bits per heavy atom. The van der Waals surface area contributed by atoms with Crippen LogP contribution in [0, 0.1) is 17.8 Å². The molecule has 16 atom stereocenters. The molecule has 13 nitrogen and oxygen atoms in total. The zero-order valence-corrected chi connectivity index (χ0v) is 35.9. The molecule has 3 N–H and O–H groups in total. The average Bonchev–Trinajstić information content (AvgIpc) is 3.11. The fourth-order valence-corrected chi connectivity index (χ4v) is 8.68. The van der Waals surface area contributed by atoms with Gasteiger partial charge in [0.1, 0.15) is 18.3 Å². The van der Waals surface area contributed by atoms with Crippen molar-refractivity contribution in [3.8, 4) is 0 Å². The van der Waals surface area contributed by atoms with Gasteiger partial charge in [-0.05, 0) is 95.5 Å². The first kappa shape index (κ1) is 46.9. The molecule has 3 heterocycles. The van der Waals surface area contributed by atoms with Gasteiger partial charge < -0.3 is 48.5 Å². The average molecular weight is 772 g/mol. The van der Waals surface area contributed by atoms with Crippen LogP contribution in [0.5, 0.6) is 0 Å². The maximum absolute atomic E-state index is 14.3. The molecule has 0 radical (unpaired) electrons. The van der Waals surface area contributed by atoms with Crippen molar-refractivity contribution >= 4 is 11.8 Å². The number of allylic oxidation sites excluding steroid dienone is 1. The molecular weight excluding hydrogens is 698 g/mol. The van der Waals surface area contributed by atoms with Crippen molar-refractivity contribution in [1.29, 1.82) is 0 Å². The minimum Gasteiger partial charge on any atom is -0.459 e. The maximum atomic E-state index is 14.3. The normalized spacial score (nSPS) is 46.4. The summed E-state index contributed by atoms with van der Waals surface area (Å²) >= 11 is 0. The highest BCUT2D eigenvalue weighted by Gasteiger charge is 2.53. The maximum Gasteiger partial charge on any atom is 0.311 e. The summed E-state index contributed by atoms with van der Waals surface area (Å²) in [6, 6.07) is -0.149. The van der Waals surface area contributed by atoms with Crippen molar-refractivity contribution < 1.29 is 58.1 Å². The molecule has 3 aliphatic rings. The van der Waals surface area contributed by atoms with Gasteiger partial charge in [-0.1, -0.05) is 31.9 Å². The Bertz CT molecular complexity index is 1310. The first-order valence-corrected chi connectivity index (χ1v) is 19.8. The van der Waals surface area contributed by atoms with Gasteiger partial charge in [0.15, 0.2) is 24.0 Å². The van der Waals surface area contributed by atoms with Gasteiger partial charge in [0.25, 0.3) is 0 Å². The van der Waals surface area contributed by atoms with Crippen LogP contribution in [0.3, 0.4) is 0 Å². The highest BCUT2D eigenvalue weighted by atomic mass is 16.7. The van der Waals surface area contributed by atoms with E-state index in [1.54, 1.807) is 41.5 Å². The van der Waals surface area contributed by atoms with Crippen molar-refractivity contribution in [3.05, 3.63) is 11.1 Å². The molecule has 0 saturated carbocycles. The van der Waals surface area contributed by atoms with E-state index in [-0.39, 0.29) is 36.8 Å². The second-order valence-corrected chi connectivity index (χ2v) is 17.3. The molecule has 0 aromatic carbocycles. The molecule has 3 aliphatic heterocycles. The van der Waals surface area contributed by atoms with Gasteiger partial charge in [-0.25, -0.2) is 0 Å². The number of nitrogens with zero attached hydrogens (tertiary/aromatic N) is 1. The van der Waals surface area contributed by atoms with Crippen LogP contribution in [0.4, 0.5) is 0 Å². The molecule has 54 heavy (non-hydrogen) atoms. The number of carbonyl (C=O) groups excluding carboxylic acids is 2. The molecular formula is C41H73NO12. The molecule has 314 valence electrons. The van der Waals surface area contributed by atoms with E-state index < -0.39 is 89.7 Å². The Morgan fingerprint density at radius 2 is 1.57 bits per heavy atom. The summed E-state index contributed by atoms with van der Waals surface area (Å²) in [4.78, 5) is 30.7. The second kappa shape index (κ2) is 18.4. The fourth-order valence-electron chi connectivity index (χ4n) is 8.68. The van der Waals surface area contributed by atoms with Gasteiger partial charge in [0.2, 0.25) is 0 Å². The number of aliphatic hydroxyl groups is 3. The molecule has 2 fully saturated rings. The summed E-state index contributed by atoms with van der Waals surface area (Å²) in [7, 11) is 4.91.